The summed E-state index contributed by atoms with van der Waals surface area (Å²) in [4.78, 5) is 0. The first-order valence-corrected chi connectivity index (χ1v) is 4.52. The second-order valence-electron chi connectivity index (χ2n) is 3.51. The van der Waals surface area contributed by atoms with Crippen molar-refractivity contribution in [2.45, 2.75) is 33.6 Å². The summed E-state index contributed by atoms with van der Waals surface area (Å²) in [5.74, 6) is 1.04. The zero-order valence-electron chi connectivity index (χ0n) is 7.41. The molecule has 0 aromatic carbocycles. The number of rotatable bonds is 0. The molecule has 1 saturated heterocycles. The van der Waals surface area contributed by atoms with Crippen LogP contribution in [0.2, 0.25) is 0 Å². The number of fused-ring (bicyclic) bond motifs is 1. The van der Waals surface area contributed by atoms with Gasteiger partial charge in [0, 0.05) is 0 Å². The van der Waals surface area contributed by atoms with Crippen molar-refractivity contribution in [3.05, 3.63) is 0 Å². The Balaban J connectivity index is 0.000000231. The van der Waals surface area contributed by atoms with E-state index in [1.54, 1.807) is 0 Å². The minimum Gasteiger partial charge on any atom is -0.316 e. The first-order chi connectivity index (χ1) is 4.81. The van der Waals surface area contributed by atoms with Crippen LogP contribution in [0.3, 0.4) is 0 Å². The van der Waals surface area contributed by atoms with Gasteiger partial charge in [0.25, 0.3) is 0 Å². The van der Waals surface area contributed by atoms with Gasteiger partial charge in [-0.2, -0.15) is 0 Å². The van der Waals surface area contributed by atoms with Crippen molar-refractivity contribution in [2.75, 3.05) is 13.1 Å². The van der Waals surface area contributed by atoms with Crippen LogP contribution in [0.4, 0.5) is 0 Å². The van der Waals surface area contributed by atoms with E-state index in [4.69, 9.17) is 0 Å². The Kier molecular flexibility index (Phi) is 2.35. The lowest BCUT2D eigenvalue weighted by Crippen LogP contribution is -2.27. The first kappa shape index (κ1) is 8.06. The van der Waals surface area contributed by atoms with Crippen LogP contribution in [0, 0.1) is 11.3 Å². The molecule has 0 amide bonds. The zero-order chi connectivity index (χ0) is 7.61. The van der Waals surface area contributed by atoms with Crippen LogP contribution < -0.4 is 5.32 Å². The van der Waals surface area contributed by atoms with E-state index in [0.717, 1.165) is 11.3 Å². The number of piperidine rings is 1. The molecule has 1 nitrogen and oxygen atoms in total. The maximum Gasteiger partial charge on any atom is -0.00151 e. The van der Waals surface area contributed by atoms with Crippen LogP contribution in [-0.4, -0.2) is 13.1 Å². The van der Waals surface area contributed by atoms with E-state index in [2.05, 4.69) is 12.2 Å². The summed E-state index contributed by atoms with van der Waals surface area (Å²) >= 11 is 0. The van der Waals surface area contributed by atoms with E-state index >= 15 is 0 Å². The van der Waals surface area contributed by atoms with Gasteiger partial charge in [-0.05, 0) is 37.3 Å². The topological polar surface area (TPSA) is 12.0 Å². The van der Waals surface area contributed by atoms with Crippen molar-refractivity contribution in [1.82, 2.24) is 5.32 Å². The van der Waals surface area contributed by atoms with Crippen molar-refractivity contribution in [3.63, 3.8) is 0 Å². The molecule has 1 N–H and O–H groups in total. The number of hydrogen-bond donors (Lipinski definition) is 1. The first-order valence-electron chi connectivity index (χ1n) is 4.52. The molecule has 2 unspecified atom stereocenters. The molecule has 0 radical (unpaired) electrons. The van der Waals surface area contributed by atoms with E-state index in [9.17, 15) is 0 Å². The van der Waals surface area contributed by atoms with Crippen LogP contribution in [0.25, 0.3) is 0 Å². The molecule has 2 atom stereocenters. The molecule has 0 aromatic rings. The van der Waals surface area contributed by atoms with Crippen LogP contribution in [-0.2, 0) is 0 Å². The average molecular weight is 141 g/mol. The molecule has 60 valence electrons. The van der Waals surface area contributed by atoms with Gasteiger partial charge in [-0.3, -0.25) is 0 Å². The summed E-state index contributed by atoms with van der Waals surface area (Å²) in [7, 11) is 0. The molecule has 1 aliphatic carbocycles. The van der Waals surface area contributed by atoms with Gasteiger partial charge in [0.2, 0.25) is 0 Å². The number of nitrogens with one attached hydrogen (secondary N) is 1. The lowest BCUT2D eigenvalue weighted by molar-refractivity contribution is 0.382. The van der Waals surface area contributed by atoms with Gasteiger partial charge in [0.1, 0.15) is 0 Å². The minimum absolute atomic E-state index is 0.783. The van der Waals surface area contributed by atoms with Crippen molar-refractivity contribution in [2.24, 2.45) is 11.3 Å². The van der Waals surface area contributed by atoms with Crippen LogP contribution in [0.1, 0.15) is 33.6 Å². The summed E-state index contributed by atoms with van der Waals surface area (Å²) in [6, 6.07) is 0. The monoisotopic (exact) mass is 141 g/mol. The number of hydrogen-bond acceptors (Lipinski definition) is 1. The molecule has 1 aliphatic heterocycles. The van der Waals surface area contributed by atoms with Gasteiger partial charge < -0.3 is 5.32 Å². The molecule has 1 heterocycles. The third-order valence-electron chi connectivity index (χ3n) is 2.80. The van der Waals surface area contributed by atoms with E-state index in [0.29, 0.717) is 0 Å². The lowest BCUT2D eigenvalue weighted by atomic mass is 9.99. The molecule has 2 fully saturated rings. The fraction of sp³-hybridized carbons (Fsp3) is 1.00. The summed E-state index contributed by atoms with van der Waals surface area (Å²) < 4.78 is 0. The quantitative estimate of drug-likeness (QED) is 0.544. The van der Waals surface area contributed by atoms with Gasteiger partial charge in [-0.15, -0.1) is 0 Å². The Bertz CT molecular complexity index is 109. The molecule has 2 aliphatic rings. The van der Waals surface area contributed by atoms with Gasteiger partial charge in [-0.1, -0.05) is 20.8 Å². The molecular formula is C9H19N. The molecular weight excluding hydrogens is 122 g/mol. The SMILES string of the molecule is CC.CC12CCNCC1C2. The minimum atomic E-state index is 0.783. The zero-order valence-corrected chi connectivity index (χ0v) is 7.41. The highest BCUT2D eigenvalue weighted by molar-refractivity contribution is 5.02. The molecule has 0 bridgehead atoms. The van der Waals surface area contributed by atoms with Gasteiger partial charge in [0.05, 0.1) is 0 Å². The average Bonchev–Trinajstić information content (AvgIpc) is 2.64. The smallest absolute Gasteiger partial charge is 0.00151 e. The summed E-state index contributed by atoms with van der Waals surface area (Å²) in [5, 5.41) is 3.40. The van der Waals surface area contributed by atoms with Crippen LogP contribution in [0.15, 0.2) is 0 Å². The molecule has 2 rings (SSSR count). The maximum absolute atomic E-state index is 3.40. The normalized spacial score (nSPS) is 42.9. The van der Waals surface area contributed by atoms with E-state index in [1.807, 2.05) is 13.8 Å². The third-order valence-corrected chi connectivity index (χ3v) is 2.80. The Hall–Kier alpha value is -0.0400. The predicted molar refractivity (Wildman–Crippen MR) is 45.0 cm³/mol. The van der Waals surface area contributed by atoms with Crippen molar-refractivity contribution >= 4 is 0 Å². The third kappa shape index (κ3) is 1.34. The van der Waals surface area contributed by atoms with Crippen molar-refractivity contribution < 1.29 is 0 Å². The highest BCUT2D eigenvalue weighted by atomic mass is 14.9. The summed E-state index contributed by atoms with van der Waals surface area (Å²) in [5.41, 5.74) is 0.783. The molecule has 0 spiro atoms. The molecule has 10 heavy (non-hydrogen) atoms. The Morgan fingerprint density at radius 2 is 2.10 bits per heavy atom. The Labute approximate surface area is 64.2 Å². The van der Waals surface area contributed by atoms with Gasteiger partial charge in [0.15, 0.2) is 0 Å². The molecule has 1 heteroatoms. The highest BCUT2D eigenvalue weighted by Crippen LogP contribution is 2.55. The highest BCUT2D eigenvalue weighted by Gasteiger charge is 2.50. The van der Waals surface area contributed by atoms with Crippen LogP contribution in [0.5, 0.6) is 0 Å². The maximum atomic E-state index is 3.40. The Morgan fingerprint density at radius 1 is 1.40 bits per heavy atom. The second kappa shape index (κ2) is 2.91. The summed E-state index contributed by atoms with van der Waals surface area (Å²) in [6.07, 6.45) is 2.90. The largest absolute Gasteiger partial charge is 0.316 e. The van der Waals surface area contributed by atoms with Crippen molar-refractivity contribution in [3.8, 4) is 0 Å². The standard InChI is InChI=1S/C7H13N.C2H6/c1-7-2-3-8-5-6(7)4-7;1-2/h6,8H,2-5H2,1H3;1-2H3. The fourth-order valence-electron chi connectivity index (χ4n) is 1.78. The summed E-state index contributed by atoms with van der Waals surface area (Å²) in [6.45, 7) is 8.96. The van der Waals surface area contributed by atoms with Crippen molar-refractivity contribution in [1.29, 1.82) is 0 Å². The van der Waals surface area contributed by atoms with Gasteiger partial charge in [-0.25, -0.2) is 0 Å². The molecule has 1 saturated carbocycles. The van der Waals surface area contributed by atoms with Crippen LogP contribution >= 0.6 is 0 Å². The van der Waals surface area contributed by atoms with E-state index < -0.39 is 0 Å². The van der Waals surface area contributed by atoms with Gasteiger partial charge >= 0.3 is 0 Å². The Morgan fingerprint density at radius 3 is 2.50 bits per heavy atom. The fourth-order valence-corrected chi connectivity index (χ4v) is 1.78. The second-order valence-corrected chi connectivity index (χ2v) is 3.51. The lowest BCUT2D eigenvalue weighted by Gasteiger charge is -2.17. The van der Waals surface area contributed by atoms with E-state index in [1.165, 1.54) is 25.9 Å². The van der Waals surface area contributed by atoms with E-state index in [-0.39, 0.29) is 0 Å². The predicted octanol–water partition coefficient (Wildman–Crippen LogP) is 2.03. The molecule has 0 aromatic heterocycles.